The Balaban J connectivity index is 1.19. The Morgan fingerprint density at radius 3 is 2.49 bits per heavy atom. The molecule has 1 aromatic heterocycles. The predicted molar refractivity (Wildman–Crippen MR) is 128 cm³/mol. The van der Waals surface area contributed by atoms with Crippen LogP contribution in [0.15, 0.2) is 48.5 Å². The van der Waals surface area contributed by atoms with Crippen molar-refractivity contribution >= 4 is 23.4 Å². The van der Waals surface area contributed by atoms with Crippen molar-refractivity contribution in [2.24, 2.45) is 0 Å². The minimum absolute atomic E-state index is 0.00390. The summed E-state index contributed by atoms with van der Waals surface area (Å²) in [5, 5.41) is 8.98. The molecule has 2 amide bonds. The number of piperazine rings is 1. The van der Waals surface area contributed by atoms with Crippen molar-refractivity contribution < 1.29 is 19.1 Å². The monoisotopic (exact) mass is 495 g/mol. The summed E-state index contributed by atoms with van der Waals surface area (Å²) in [6.07, 6.45) is 0.0736. The molecular weight excluding hydrogens is 470 g/mol. The average molecular weight is 496 g/mol. The zero-order valence-corrected chi connectivity index (χ0v) is 20.1. The zero-order chi connectivity index (χ0) is 24.4. The van der Waals surface area contributed by atoms with Crippen LogP contribution in [0.4, 0.5) is 0 Å². The number of hydrogen-bond donors (Lipinski definition) is 0. The molecule has 0 bridgehead atoms. The highest BCUT2D eigenvalue weighted by atomic mass is 35.5. The number of carbonyl (C=O) groups excluding carboxylic acids is 2. The molecule has 2 aromatic carbocycles. The second-order valence-electron chi connectivity index (χ2n) is 8.58. The van der Waals surface area contributed by atoms with Gasteiger partial charge in [-0.25, -0.2) is 4.68 Å². The highest BCUT2D eigenvalue weighted by Crippen LogP contribution is 2.28. The Morgan fingerprint density at radius 2 is 1.77 bits per heavy atom. The molecule has 0 spiro atoms. The molecule has 0 radical (unpaired) electrons. The summed E-state index contributed by atoms with van der Waals surface area (Å²) in [7, 11) is 1.63. The molecule has 1 saturated heterocycles. The molecule has 9 nitrogen and oxygen atoms in total. The van der Waals surface area contributed by atoms with Gasteiger partial charge in [-0.05, 0) is 29.3 Å². The Bertz CT molecular complexity index is 1220. The van der Waals surface area contributed by atoms with Gasteiger partial charge in [-0.3, -0.25) is 9.59 Å². The van der Waals surface area contributed by atoms with Gasteiger partial charge in [0.1, 0.15) is 11.9 Å². The van der Waals surface area contributed by atoms with Gasteiger partial charge in [-0.2, -0.15) is 0 Å². The third kappa shape index (κ3) is 4.87. The number of benzene rings is 2. The lowest BCUT2D eigenvalue weighted by Gasteiger charge is -2.34. The average Bonchev–Trinajstić information content (AvgIpc) is 3.33. The first-order valence-corrected chi connectivity index (χ1v) is 11.9. The molecule has 10 heteroatoms. The molecular formula is C25H26ClN5O4. The van der Waals surface area contributed by atoms with Crippen molar-refractivity contribution in [3.8, 4) is 5.75 Å². The van der Waals surface area contributed by atoms with Gasteiger partial charge >= 0.3 is 0 Å². The highest BCUT2D eigenvalue weighted by molar-refractivity contribution is 6.31. The second-order valence-corrected chi connectivity index (χ2v) is 8.99. The molecule has 3 aromatic rings. The quantitative estimate of drug-likeness (QED) is 0.540. The summed E-state index contributed by atoms with van der Waals surface area (Å²) in [6.45, 7) is 2.54. The summed E-state index contributed by atoms with van der Waals surface area (Å²) >= 11 is 6.19. The highest BCUT2D eigenvalue weighted by Gasteiger charge is 2.32. The third-order valence-electron chi connectivity index (χ3n) is 6.51. The molecule has 0 N–H and O–H groups in total. The maximum Gasteiger partial charge on any atom is 0.276 e. The fourth-order valence-electron chi connectivity index (χ4n) is 4.42. The van der Waals surface area contributed by atoms with Gasteiger partial charge in [-0.1, -0.05) is 47.1 Å². The van der Waals surface area contributed by atoms with Gasteiger partial charge in [0, 0.05) is 31.2 Å². The van der Waals surface area contributed by atoms with E-state index < -0.39 is 0 Å². The number of carbonyl (C=O) groups is 2. The van der Waals surface area contributed by atoms with Gasteiger partial charge in [0.2, 0.25) is 5.91 Å². The van der Waals surface area contributed by atoms with Crippen LogP contribution in [0.1, 0.15) is 33.4 Å². The molecule has 3 heterocycles. The largest absolute Gasteiger partial charge is 0.497 e. The SMILES string of the molecule is COc1ccc([C@@H]2Cn3nnc(C(=O)N4CCN(C(=O)Cc5ccccc5Cl)CC4)c3CO2)cc1. The van der Waals surface area contributed by atoms with Crippen LogP contribution in [0.3, 0.4) is 0 Å². The smallest absolute Gasteiger partial charge is 0.276 e. The van der Waals surface area contributed by atoms with Gasteiger partial charge < -0.3 is 19.3 Å². The van der Waals surface area contributed by atoms with Gasteiger partial charge in [0.15, 0.2) is 5.69 Å². The van der Waals surface area contributed by atoms with Crippen molar-refractivity contribution in [1.29, 1.82) is 0 Å². The number of amides is 2. The summed E-state index contributed by atoms with van der Waals surface area (Å²) < 4.78 is 13.0. The first kappa shape index (κ1) is 23.3. The van der Waals surface area contributed by atoms with Crippen LogP contribution in [0.25, 0.3) is 0 Å². The van der Waals surface area contributed by atoms with E-state index in [-0.39, 0.29) is 30.9 Å². The standard InChI is InChI=1S/C25H26ClN5O4/c1-34-19-8-6-17(7-9-19)22-15-31-21(16-35-22)24(27-28-31)25(33)30-12-10-29(11-13-30)23(32)14-18-4-2-3-5-20(18)26/h2-9,22H,10-16H2,1H3/t22-/m0/s1. The Morgan fingerprint density at radius 1 is 1.06 bits per heavy atom. The number of methoxy groups -OCH3 is 1. The first-order valence-electron chi connectivity index (χ1n) is 11.5. The molecule has 0 aliphatic carbocycles. The molecule has 0 saturated carbocycles. The van der Waals surface area contributed by atoms with Crippen LogP contribution in [0.5, 0.6) is 5.75 Å². The number of rotatable bonds is 5. The van der Waals surface area contributed by atoms with Gasteiger partial charge in [0.25, 0.3) is 5.91 Å². The molecule has 0 unspecified atom stereocenters. The van der Waals surface area contributed by atoms with E-state index in [4.69, 9.17) is 21.1 Å². The summed E-state index contributed by atoms with van der Waals surface area (Å²) in [5.74, 6) is 0.602. The van der Waals surface area contributed by atoms with E-state index in [9.17, 15) is 9.59 Å². The minimum atomic E-state index is -0.184. The number of halogens is 1. The second kappa shape index (κ2) is 10.1. The topological polar surface area (TPSA) is 89.8 Å². The van der Waals surface area contributed by atoms with E-state index in [1.807, 2.05) is 42.5 Å². The maximum absolute atomic E-state index is 13.2. The maximum atomic E-state index is 13.2. The molecule has 182 valence electrons. The fraction of sp³-hybridized carbons (Fsp3) is 0.360. The van der Waals surface area contributed by atoms with Crippen LogP contribution >= 0.6 is 11.6 Å². The number of ether oxygens (including phenoxy) is 2. The lowest BCUT2D eigenvalue weighted by atomic mass is 10.1. The lowest BCUT2D eigenvalue weighted by Crippen LogP contribution is -2.51. The Labute approximate surface area is 208 Å². The summed E-state index contributed by atoms with van der Waals surface area (Å²) in [6, 6.07) is 15.1. The molecule has 1 fully saturated rings. The van der Waals surface area contributed by atoms with Crippen LogP contribution in [0.2, 0.25) is 5.02 Å². The van der Waals surface area contributed by atoms with Crippen LogP contribution in [-0.2, 0) is 29.1 Å². The van der Waals surface area contributed by atoms with Crippen molar-refractivity contribution in [3.05, 3.63) is 76.1 Å². The normalized spacial score (nSPS) is 17.7. The minimum Gasteiger partial charge on any atom is -0.497 e. The lowest BCUT2D eigenvalue weighted by molar-refractivity contribution is -0.131. The van der Waals surface area contributed by atoms with E-state index in [1.165, 1.54) is 0 Å². The van der Waals surface area contributed by atoms with E-state index in [1.54, 1.807) is 27.7 Å². The fourth-order valence-corrected chi connectivity index (χ4v) is 4.63. The van der Waals surface area contributed by atoms with Crippen LogP contribution < -0.4 is 4.74 Å². The molecule has 2 aliphatic heterocycles. The van der Waals surface area contributed by atoms with Crippen LogP contribution in [0, 0.1) is 0 Å². The summed E-state index contributed by atoms with van der Waals surface area (Å²) in [4.78, 5) is 29.4. The summed E-state index contributed by atoms with van der Waals surface area (Å²) in [5.41, 5.74) is 2.81. The van der Waals surface area contributed by atoms with Gasteiger partial charge in [0.05, 0.1) is 32.4 Å². The Hall–Kier alpha value is -3.43. The number of nitrogens with zero attached hydrogens (tertiary/aromatic N) is 5. The zero-order valence-electron chi connectivity index (χ0n) is 19.4. The molecule has 35 heavy (non-hydrogen) atoms. The van der Waals surface area contributed by atoms with Crippen molar-refractivity contribution in [1.82, 2.24) is 24.8 Å². The van der Waals surface area contributed by atoms with E-state index >= 15 is 0 Å². The van der Waals surface area contributed by atoms with Gasteiger partial charge in [-0.15, -0.1) is 5.10 Å². The number of fused-ring (bicyclic) bond motifs is 1. The van der Waals surface area contributed by atoms with E-state index in [0.717, 1.165) is 16.9 Å². The number of aromatic nitrogens is 3. The van der Waals surface area contributed by atoms with Crippen molar-refractivity contribution in [2.45, 2.75) is 25.7 Å². The Kier molecular flexibility index (Phi) is 6.70. The molecule has 2 aliphatic rings. The first-order chi connectivity index (χ1) is 17.0. The molecule has 5 rings (SSSR count). The van der Waals surface area contributed by atoms with E-state index in [2.05, 4.69) is 10.3 Å². The van der Waals surface area contributed by atoms with Crippen molar-refractivity contribution in [3.63, 3.8) is 0 Å². The molecule has 1 atom stereocenters. The van der Waals surface area contributed by atoms with Crippen LogP contribution in [-0.4, -0.2) is 69.9 Å². The number of hydrogen-bond acceptors (Lipinski definition) is 6. The van der Waals surface area contributed by atoms with Crippen molar-refractivity contribution in [2.75, 3.05) is 33.3 Å². The van der Waals surface area contributed by atoms with E-state index in [0.29, 0.717) is 49.1 Å². The predicted octanol–water partition coefficient (Wildman–Crippen LogP) is 2.74. The third-order valence-corrected chi connectivity index (χ3v) is 6.88.